The zero-order chi connectivity index (χ0) is 19.2. The molecule has 1 saturated heterocycles. The number of rotatable bonds is 8. The van der Waals surface area contributed by atoms with Crippen molar-refractivity contribution in [1.82, 2.24) is 4.90 Å². The Labute approximate surface area is 159 Å². The molecular weight excluding hydrogens is 349 g/mol. The molecule has 27 heavy (non-hydrogen) atoms. The fourth-order valence-electron chi connectivity index (χ4n) is 3.32. The second-order valence-electron chi connectivity index (χ2n) is 6.66. The Morgan fingerprint density at radius 3 is 2.70 bits per heavy atom. The first-order valence-corrected chi connectivity index (χ1v) is 9.15. The van der Waals surface area contributed by atoms with Crippen molar-refractivity contribution in [3.8, 4) is 11.5 Å². The van der Waals surface area contributed by atoms with Gasteiger partial charge in [-0.15, -0.1) is 0 Å². The standard InChI is InChI=1S/C21H26FNO4/c1-3-26-21-13-23(12-18(21)24)11-15-7-8-19(25-2)20(10-15)27-14-16-5-4-6-17(22)9-16/h4-10,18,21,24H,3,11-14H2,1-2H3/t18-,21-/m0/s1. The van der Waals surface area contributed by atoms with Gasteiger partial charge < -0.3 is 19.3 Å². The van der Waals surface area contributed by atoms with E-state index in [-0.39, 0.29) is 18.5 Å². The van der Waals surface area contributed by atoms with Crippen molar-refractivity contribution in [2.24, 2.45) is 0 Å². The Balaban J connectivity index is 1.66. The minimum Gasteiger partial charge on any atom is -0.493 e. The average Bonchev–Trinajstić information content (AvgIpc) is 2.99. The van der Waals surface area contributed by atoms with Crippen LogP contribution in [0, 0.1) is 5.82 Å². The number of nitrogens with zero attached hydrogens (tertiary/aromatic N) is 1. The number of hydrogen-bond donors (Lipinski definition) is 1. The summed E-state index contributed by atoms with van der Waals surface area (Å²) in [4.78, 5) is 2.16. The quantitative estimate of drug-likeness (QED) is 0.769. The Morgan fingerprint density at radius 2 is 1.96 bits per heavy atom. The smallest absolute Gasteiger partial charge is 0.161 e. The summed E-state index contributed by atoms with van der Waals surface area (Å²) < 4.78 is 30.2. The number of halogens is 1. The molecule has 1 fully saturated rings. The molecule has 0 aromatic heterocycles. The minimum absolute atomic E-state index is 0.142. The van der Waals surface area contributed by atoms with Crippen molar-refractivity contribution < 1.29 is 23.7 Å². The molecular formula is C21H26FNO4. The van der Waals surface area contributed by atoms with Crippen LogP contribution in [0.1, 0.15) is 18.1 Å². The van der Waals surface area contributed by atoms with Gasteiger partial charge in [0.1, 0.15) is 12.4 Å². The molecule has 0 radical (unpaired) electrons. The third-order valence-corrected chi connectivity index (χ3v) is 4.61. The molecule has 0 amide bonds. The molecule has 2 atom stereocenters. The van der Waals surface area contributed by atoms with E-state index >= 15 is 0 Å². The number of aliphatic hydroxyl groups is 1. The Hall–Kier alpha value is -2.15. The molecule has 6 heteroatoms. The summed E-state index contributed by atoms with van der Waals surface area (Å²) in [6.07, 6.45) is -0.608. The number of hydrogen-bond acceptors (Lipinski definition) is 5. The molecule has 2 aromatic carbocycles. The molecule has 0 unspecified atom stereocenters. The van der Waals surface area contributed by atoms with Crippen LogP contribution < -0.4 is 9.47 Å². The fourth-order valence-corrected chi connectivity index (χ4v) is 3.32. The molecule has 1 aliphatic rings. The van der Waals surface area contributed by atoms with E-state index in [0.29, 0.717) is 37.7 Å². The van der Waals surface area contributed by atoms with Crippen LogP contribution in [0.2, 0.25) is 0 Å². The van der Waals surface area contributed by atoms with E-state index in [2.05, 4.69) is 4.90 Å². The van der Waals surface area contributed by atoms with Gasteiger partial charge in [-0.25, -0.2) is 4.39 Å². The maximum atomic E-state index is 13.3. The van der Waals surface area contributed by atoms with E-state index in [1.165, 1.54) is 12.1 Å². The van der Waals surface area contributed by atoms with Crippen LogP contribution in [-0.2, 0) is 17.9 Å². The first kappa shape index (κ1) is 19.6. The van der Waals surface area contributed by atoms with Gasteiger partial charge in [-0.05, 0) is 42.3 Å². The van der Waals surface area contributed by atoms with E-state index in [4.69, 9.17) is 14.2 Å². The SMILES string of the molecule is CCO[C@H]1CN(Cc2ccc(OC)c(OCc3cccc(F)c3)c2)C[C@@H]1O. The predicted molar refractivity (Wildman–Crippen MR) is 100 cm³/mol. The molecule has 0 aliphatic carbocycles. The van der Waals surface area contributed by atoms with E-state index in [1.54, 1.807) is 13.2 Å². The van der Waals surface area contributed by atoms with Gasteiger partial charge in [0, 0.05) is 26.2 Å². The first-order valence-electron chi connectivity index (χ1n) is 9.15. The van der Waals surface area contributed by atoms with Crippen LogP contribution in [0.3, 0.4) is 0 Å². The van der Waals surface area contributed by atoms with Gasteiger partial charge in [0.25, 0.3) is 0 Å². The van der Waals surface area contributed by atoms with Gasteiger partial charge in [-0.2, -0.15) is 0 Å². The summed E-state index contributed by atoms with van der Waals surface area (Å²) in [7, 11) is 1.59. The van der Waals surface area contributed by atoms with Crippen LogP contribution >= 0.6 is 0 Å². The van der Waals surface area contributed by atoms with Crippen molar-refractivity contribution in [3.63, 3.8) is 0 Å². The summed E-state index contributed by atoms with van der Waals surface area (Å²) in [5.41, 5.74) is 1.80. The topological polar surface area (TPSA) is 51.2 Å². The third-order valence-electron chi connectivity index (χ3n) is 4.61. The van der Waals surface area contributed by atoms with Gasteiger partial charge in [0.05, 0.1) is 19.3 Å². The summed E-state index contributed by atoms with van der Waals surface area (Å²) >= 11 is 0. The number of aliphatic hydroxyl groups excluding tert-OH is 1. The zero-order valence-corrected chi connectivity index (χ0v) is 15.7. The molecule has 0 saturated carbocycles. The Bertz CT molecular complexity index is 755. The maximum absolute atomic E-state index is 13.3. The fraction of sp³-hybridized carbons (Fsp3) is 0.429. The van der Waals surface area contributed by atoms with Crippen LogP contribution in [-0.4, -0.2) is 49.0 Å². The highest BCUT2D eigenvalue weighted by Crippen LogP contribution is 2.30. The van der Waals surface area contributed by atoms with E-state index in [9.17, 15) is 9.50 Å². The van der Waals surface area contributed by atoms with Crippen LogP contribution in [0.15, 0.2) is 42.5 Å². The molecule has 1 aliphatic heterocycles. The maximum Gasteiger partial charge on any atom is 0.161 e. The molecule has 2 aromatic rings. The molecule has 0 spiro atoms. The number of β-amino-alcohol motifs (C(OH)–C–C–N with tert-alkyl or cyclic N) is 1. The normalized spacial score (nSPS) is 20.0. The third kappa shape index (κ3) is 5.19. The lowest BCUT2D eigenvalue weighted by Gasteiger charge is -2.17. The summed E-state index contributed by atoms with van der Waals surface area (Å²) in [6.45, 7) is 4.74. The molecule has 1 N–H and O–H groups in total. The van der Waals surface area contributed by atoms with E-state index in [1.807, 2.05) is 31.2 Å². The number of ether oxygens (including phenoxy) is 3. The number of methoxy groups -OCH3 is 1. The lowest BCUT2D eigenvalue weighted by Crippen LogP contribution is -2.26. The predicted octanol–water partition coefficient (Wildman–Crippen LogP) is 2.99. The van der Waals surface area contributed by atoms with Crippen molar-refractivity contribution in [2.45, 2.75) is 32.3 Å². The molecule has 5 nitrogen and oxygen atoms in total. The van der Waals surface area contributed by atoms with Crippen molar-refractivity contribution in [1.29, 1.82) is 0 Å². The monoisotopic (exact) mass is 375 g/mol. The highest BCUT2D eigenvalue weighted by atomic mass is 19.1. The number of likely N-dealkylation sites (tertiary alicyclic amines) is 1. The van der Waals surface area contributed by atoms with Gasteiger partial charge in [0.2, 0.25) is 0 Å². The second kappa shape index (κ2) is 9.17. The lowest BCUT2D eigenvalue weighted by molar-refractivity contribution is -0.00245. The average molecular weight is 375 g/mol. The molecule has 3 rings (SSSR count). The van der Waals surface area contributed by atoms with Crippen molar-refractivity contribution in [3.05, 3.63) is 59.4 Å². The van der Waals surface area contributed by atoms with Crippen molar-refractivity contribution in [2.75, 3.05) is 26.8 Å². The largest absolute Gasteiger partial charge is 0.493 e. The summed E-state index contributed by atoms with van der Waals surface area (Å²) in [6, 6.07) is 12.1. The van der Waals surface area contributed by atoms with Crippen molar-refractivity contribution >= 4 is 0 Å². The highest BCUT2D eigenvalue weighted by Gasteiger charge is 2.31. The molecule has 146 valence electrons. The first-order chi connectivity index (χ1) is 13.1. The van der Waals surface area contributed by atoms with Crippen LogP contribution in [0.5, 0.6) is 11.5 Å². The summed E-state index contributed by atoms with van der Waals surface area (Å²) in [5.74, 6) is 0.956. The number of benzene rings is 2. The van der Waals surface area contributed by atoms with Gasteiger partial charge in [-0.3, -0.25) is 4.90 Å². The Morgan fingerprint density at radius 1 is 1.11 bits per heavy atom. The van der Waals surface area contributed by atoms with Gasteiger partial charge >= 0.3 is 0 Å². The Kier molecular flexibility index (Phi) is 6.66. The minimum atomic E-state index is -0.466. The molecule has 1 heterocycles. The van der Waals surface area contributed by atoms with E-state index in [0.717, 1.165) is 11.1 Å². The van der Waals surface area contributed by atoms with Gasteiger partial charge in [0.15, 0.2) is 11.5 Å². The summed E-state index contributed by atoms with van der Waals surface area (Å²) in [5, 5.41) is 10.1. The molecule has 0 bridgehead atoms. The second-order valence-corrected chi connectivity index (χ2v) is 6.66. The lowest BCUT2D eigenvalue weighted by atomic mass is 10.2. The van der Waals surface area contributed by atoms with E-state index < -0.39 is 6.10 Å². The van der Waals surface area contributed by atoms with Crippen LogP contribution in [0.25, 0.3) is 0 Å². The zero-order valence-electron chi connectivity index (χ0n) is 15.7. The van der Waals surface area contributed by atoms with Gasteiger partial charge in [-0.1, -0.05) is 18.2 Å². The highest BCUT2D eigenvalue weighted by molar-refractivity contribution is 5.43. The van der Waals surface area contributed by atoms with Crippen LogP contribution in [0.4, 0.5) is 4.39 Å².